The Morgan fingerprint density at radius 1 is 1.22 bits per heavy atom. The quantitative estimate of drug-likeness (QED) is 0.682. The average Bonchev–Trinajstić information content (AvgIpc) is 2.28. The largest absolute Gasteiger partial charge is 0.289 e. The van der Waals surface area contributed by atoms with Crippen molar-refractivity contribution < 1.29 is 4.79 Å². The van der Waals surface area contributed by atoms with Gasteiger partial charge in [0, 0.05) is 16.2 Å². The number of ketones is 1. The molecule has 1 aliphatic carbocycles. The molecule has 0 radical (unpaired) electrons. The standard InChI is InChI=1S/C16H19ClO/c1-11-5-4-10-16(2,3)14(11)15(18)12-6-8-13(17)9-7-12/h6-9H,4-5,10H2,1-3H3. The molecule has 2 heteroatoms. The van der Waals surface area contributed by atoms with E-state index in [4.69, 9.17) is 11.6 Å². The molecule has 0 N–H and O–H groups in total. The molecule has 0 fully saturated rings. The van der Waals surface area contributed by atoms with Gasteiger partial charge in [-0.1, -0.05) is 31.0 Å². The molecule has 0 aliphatic heterocycles. The number of hydrogen-bond donors (Lipinski definition) is 0. The lowest BCUT2D eigenvalue weighted by Crippen LogP contribution is -2.26. The van der Waals surface area contributed by atoms with Crippen LogP contribution in [0.1, 0.15) is 50.4 Å². The second kappa shape index (κ2) is 4.89. The van der Waals surface area contributed by atoms with Crippen LogP contribution in [0.3, 0.4) is 0 Å². The van der Waals surface area contributed by atoms with Crippen LogP contribution in [-0.2, 0) is 0 Å². The summed E-state index contributed by atoms with van der Waals surface area (Å²) in [7, 11) is 0. The van der Waals surface area contributed by atoms with Crippen LogP contribution in [0, 0.1) is 5.41 Å². The Hall–Kier alpha value is -1.08. The molecule has 1 nitrogen and oxygen atoms in total. The smallest absolute Gasteiger partial charge is 0.189 e. The summed E-state index contributed by atoms with van der Waals surface area (Å²) in [6.07, 6.45) is 3.30. The zero-order valence-electron chi connectivity index (χ0n) is 11.2. The summed E-state index contributed by atoms with van der Waals surface area (Å²) in [6, 6.07) is 7.19. The van der Waals surface area contributed by atoms with Gasteiger partial charge < -0.3 is 0 Å². The molecule has 0 aromatic heterocycles. The van der Waals surface area contributed by atoms with E-state index in [1.54, 1.807) is 12.1 Å². The molecule has 18 heavy (non-hydrogen) atoms. The van der Waals surface area contributed by atoms with Crippen molar-refractivity contribution in [3.63, 3.8) is 0 Å². The maximum atomic E-state index is 12.6. The number of rotatable bonds is 2. The van der Waals surface area contributed by atoms with E-state index < -0.39 is 0 Å². The Labute approximate surface area is 114 Å². The van der Waals surface area contributed by atoms with Crippen LogP contribution in [0.25, 0.3) is 0 Å². The third-order valence-corrected chi connectivity index (χ3v) is 4.04. The predicted octanol–water partition coefficient (Wildman–Crippen LogP) is 5.05. The van der Waals surface area contributed by atoms with Gasteiger partial charge in [-0.25, -0.2) is 0 Å². The SMILES string of the molecule is CC1=C(C(=O)c2ccc(Cl)cc2)C(C)(C)CCC1. The molecule has 0 bridgehead atoms. The highest BCUT2D eigenvalue weighted by Gasteiger charge is 2.33. The van der Waals surface area contributed by atoms with Gasteiger partial charge in [0.2, 0.25) is 0 Å². The molecular weight excluding hydrogens is 244 g/mol. The number of hydrogen-bond acceptors (Lipinski definition) is 1. The number of halogens is 1. The van der Waals surface area contributed by atoms with Gasteiger partial charge in [-0.3, -0.25) is 4.79 Å². The first-order chi connectivity index (χ1) is 8.42. The lowest BCUT2D eigenvalue weighted by atomic mass is 9.70. The van der Waals surface area contributed by atoms with Gasteiger partial charge in [0.05, 0.1) is 0 Å². The van der Waals surface area contributed by atoms with Gasteiger partial charge in [0.15, 0.2) is 5.78 Å². The summed E-state index contributed by atoms with van der Waals surface area (Å²) in [5.41, 5.74) is 2.96. The molecule has 0 unspecified atom stereocenters. The highest BCUT2D eigenvalue weighted by atomic mass is 35.5. The van der Waals surface area contributed by atoms with Crippen molar-refractivity contribution in [3.8, 4) is 0 Å². The summed E-state index contributed by atoms with van der Waals surface area (Å²) in [6.45, 7) is 6.42. The van der Waals surface area contributed by atoms with Crippen LogP contribution in [0.5, 0.6) is 0 Å². The summed E-state index contributed by atoms with van der Waals surface area (Å²) >= 11 is 5.86. The van der Waals surface area contributed by atoms with Crippen molar-refractivity contribution in [2.45, 2.75) is 40.0 Å². The van der Waals surface area contributed by atoms with Crippen molar-refractivity contribution in [1.29, 1.82) is 0 Å². The molecule has 2 rings (SSSR count). The van der Waals surface area contributed by atoms with Crippen molar-refractivity contribution >= 4 is 17.4 Å². The fourth-order valence-corrected chi connectivity index (χ4v) is 3.00. The van der Waals surface area contributed by atoms with Gasteiger partial charge in [-0.05, 0) is 55.9 Å². The zero-order valence-corrected chi connectivity index (χ0v) is 12.0. The van der Waals surface area contributed by atoms with E-state index >= 15 is 0 Å². The van der Waals surface area contributed by atoms with Crippen molar-refractivity contribution in [2.24, 2.45) is 5.41 Å². The van der Waals surface area contributed by atoms with E-state index in [9.17, 15) is 4.79 Å². The van der Waals surface area contributed by atoms with Crippen molar-refractivity contribution in [2.75, 3.05) is 0 Å². The Morgan fingerprint density at radius 2 is 1.83 bits per heavy atom. The molecule has 1 aromatic carbocycles. The first-order valence-corrected chi connectivity index (χ1v) is 6.80. The maximum Gasteiger partial charge on any atom is 0.189 e. The molecule has 0 amide bonds. The van der Waals surface area contributed by atoms with E-state index in [2.05, 4.69) is 20.8 Å². The molecule has 96 valence electrons. The fourth-order valence-electron chi connectivity index (χ4n) is 2.87. The Kier molecular flexibility index (Phi) is 3.63. The molecule has 0 atom stereocenters. The molecular formula is C16H19ClO. The van der Waals surface area contributed by atoms with E-state index in [-0.39, 0.29) is 11.2 Å². The topological polar surface area (TPSA) is 17.1 Å². The minimum Gasteiger partial charge on any atom is -0.289 e. The minimum absolute atomic E-state index is 0.0148. The first-order valence-electron chi connectivity index (χ1n) is 6.42. The van der Waals surface area contributed by atoms with E-state index in [0.29, 0.717) is 5.02 Å². The maximum absolute atomic E-state index is 12.6. The normalized spacial score (nSPS) is 18.9. The molecule has 0 saturated heterocycles. The summed E-state index contributed by atoms with van der Waals surface area (Å²) in [5.74, 6) is 0.161. The lowest BCUT2D eigenvalue weighted by Gasteiger charge is -2.33. The Bertz CT molecular complexity index is 494. The zero-order chi connectivity index (χ0) is 13.3. The molecule has 0 spiro atoms. The van der Waals surface area contributed by atoms with Gasteiger partial charge in [-0.2, -0.15) is 0 Å². The highest BCUT2D eigenvalue weighted by Crippen LogP contribution is 2.41. The van der Waals surface area contributed by atoms with Crippen molar-refractivity contribution in [1.82, 2.24) is 0 Å². The van der Waals surface area contributed by atoms with E-state index in [1.165, 1.54) is 12.0 Å². The number of benzene rings is 1. The average molecular weight is 263 g/mol. The third kappa shape index (κ3) is 2.51. The van der Waals surface area contributed by atoms with E-state index in [1.807, 2.05) is 12.1 Å². The second-order valence-electron chi connectivity index (χ2n) is 5.73. The summed E-state index contributed by atoms with van der Waals surface area (Å²) in [5, 5.41) is 0.667. The Morgan fingerprint density at radius 3 is 2.39 bits per heavy atom. The number of carbonyl (C=O) groups is 1. The van der Waals surface area contributed by atoms with Crippen LogP contribution in [0.4, 0.5) is 0 Å². The number of allylic oxidation sites excluding steroid dienone is 2. The third-order valence-electron chi connectivity index (χ3n) is 3.79. The predicted molar refractivity (Wildman–Crippen MR) is 76.1 cm³/mol. The van der Waals surface area contributed by atoms with Gasteiger partial charge in [-0.15, -0.1) is 0 Å². The summed E-state index contributed by atoms with van der Waals surface area (Å²) in [4.78, 5) is 12.6. The van der Waals surface area contributed by atoms with Crippen LogP contribution >= 0.6 is 11.6 Å². The lowest BCUT2D eigenvalue weighted by molar-refractivity contribution is 0.0998. The first kappa shape index (κ1) is 13.4. The number of carbonyl (C=O) groups excluding carboxylic acids is 1. The van der Waals surface area contributed by atoms with Crippen molar-refractivity contribution in [3.05, 3.63) is 46.0 Å². The second-order valence-corrected chi connectivity index (χ2v) is 6.17. The molecule has 0 saturated carbocycles. The minimum atomic E-state index is -0.0148. The fraction of sp³-hybridized carbons (Fsp3) is 0.438. The van der Waals surface area contributed by atoms with Gasteiger partial charge in [0.25, 0.3) is 0 Å². The number of Topliss-reactive ketones (excluding diaryl/α,β-unsaturated/α-hetero) is 1. The highest BCUT2D eigenvalue weighted by molar-refractivity contribution is 6.30. The summed E-state index contributed by atoms with van der Waals surface area (Å²) < 4.78 is 0. The van der Waals surface area contributed by atoms with Crippen LogP contribution in [0.15, 0.2) is 35.4 Å². The van der Waals surface area contributed by atoms with E-state index in [0.717, 1.165) is 24.0 Å². The van der Waals surface area contributed by atoms with Crippen LogP contribution in [0.2, 0.25) is 5.02 Å². The monoisotopic (exact) mass is 262 g/mol. The Balaban J connectivity index is 2.41. The molecule has 0 heterocycles. The van der Waals surface area contributed by atoms with Crippen LogP contribution < -0.4 is 0 Å². The van der Waals surface area contributed by atoms with Gasteiger partial charge in [0.1, 0.15) is 0 Å². The van der Waals surface area contributed by atoms with Gasteiger partial charge >= 0.3 is 0 Å². The van der Waals surface area contributed by atoms with Crippen LogP contribution in [-0.4, -0.2) is 5.78 Å². The molecule has 1 aromatic rings. The molecule has 1 aliphatic rings.